The first kappa shape index (κ1) is 16.3. The molecule has 3 rings (SSSR count). The minimum Gasteiger partial charge on any atom is -0.319 e. The van der Waals surface area contributed by atoms with E-state index in [0.717, 1.165) is 28.3 Å². The number of para-hydroxylation sites is 2. The Morgan fingerprint density at radius 3 is 2.75 bits per heavy atom. The van der Waals surface area contributed by atoms with Gasteiger partial charge in [-0.3, -0.25) is 4.79 Å². The van der Waals surface area contributed by atoms with Crippen molar-refractivity contribution in [2.75, 3.05) is 5.75 Å². The third kappa shape index (κ3) is 3.83. The molecule has 1 amide bonds. The number of carbonyl (C=O) groups excluding carboxylic acids is 1. The molecule has 0 spiro atoms. The van der Waals surface area contributed by atoms with E-state index in [1.54, 1.807) is 6.21 Å². The highest BCUT2D eigenvalue weighted by molar-refractivity contribution is 7.99. The SMILES string of the molecule is CCn1c(SCC(=O)N/N=C\c2ccccc2)nc2ccccc21. The Hall–Kier alpha value is -2.60. The molecule has 0 aliphatic heterocycles. The van der Waals surface area contributed by atoms with Crippen LogP contribution in [0.15, 0.2) is 64.9 Å². The zero-order chi connectivity index (χ0) is 16.8. The second-order valence-corrected chi connectivity index (χ2v) is 6.06. The highest BCUT2D eigenvalue weighted by Gasteiger charge is 2.11. The number of aryl methyl sites for hydroxylation is 1. The van der Waals surface area contributed by atoms with Crippen LogP contribution in [0.1, 0.15) is 12.5 Å². The number of imidazole rings is 1. The molecule has 0 fully saturated rings. The van der Waals surface area contributed by atoms with Crippen LogP contribution in [0.2, 0.25) is 0 Å². The molecule has 5 nitrogen and oxygen atoms in total. The molecule has 0 saturated heterocycles. The van der Waals surface area contributed by atoms with Gasteiger partial charge in [-0.05, 0) is 24.6 Å². The molecule has 3 aromatic rings. The van der Waals surface area contributed by atoms with Gasteiger partial charge in [-0.15, -0.1) is 0 Å². The van der Waals surface area contributed by atoms with E-state index in [2.05, 4.69) is 27.0 Å². The Balaban J connectivity index is 1.59. The Morgan fingerprint density at radius 2 is 1.96 bits per heavy atom. The summed E-state index contributed by atoms with van der Waals surface area (Å²) in [7, 11) is 0. The van der Waals surface area contributed by atoms with Crippen LogP contribution in [0.4, 0.5) is 0 Å². The number of thioether (sulfide) groups is 1. The zero-order valence-electron chi connectivity index (χ0n) is 13.3. The number of aromatic nitrogens is 2. The van der Waals surface area contributed by atoms with Crippen LogP contribution in [0.3, 0.4) is 0 Å². The first-order valence-electron chi connectivity index (χ1n) is 7.73. The lowest BCUT2D eigenvalue weighted by Crippen LogP contribution is -2.20. The molecule has 24 heavy (non-hydrogen) atoms. The van der Waals surface area contributed by atoms with Crippen LogP contribution in [0.5, 0.6) is 0 Å². The summed E-state index contributed by atoms with van der Waals surface area (Å²) in [6.45, 7) is 2.89. The molecule has 6 heteroatoms. The molecular weight excluding hydrogens is 320 g/mol. The smallest absolute Gasteiger partial charge is 0.250 e. The van der Waals surface area contributed by atoms with Gasteiger partial charge in [0.15, 0.2) is 5.16 Å². The summed E-state index contributed by atoms with van der Waals surface area (Å²) in [5, 5.41) is 4.82. The second kappa shape index (κ2) is 7.79. The average molecular weight is 338 g/mol. The van der Waals surface area contributed by atoms with Crippen molar-refractivity contribution < 1.29 is 4.79 Å². The largest absolute Gasteiger partial charge is 0.319 e. The van der Waals surface area contributed by atoms with Gasteiger partial charge in [0, 0.05) is 6.54 Å². The Bertz CT molecular complexity index is 858. The number of rotatable bonds is 6. The topological polar surface area (TPSA) is 59.3 Å². The van der Waals surface area contributed by atoms with E-state index in [1.807, 2.05) is 54.6 Å². The van der Waals surface area contributed by atoms with Crippen LogP contribution < -0.4 is 5.43 Å². The molecule has 0 unspecified atom stereocenters. The molecule has 122 valence electrons. The van der Waals surface area contributed by atoms with Crippen LogP contribution in [0.25, 0.3) is 11.0 Å². The quantitative estimate of drug-likeness (QED) is 0.426. The highest BCUT2D eigenvalue weighted by Crippen LogP contribution is 2.23. The number of hydrogen-bond donors (Lipinski definition) is 1. The van der Waals surface area contributed by atoms with E-state index in [9.17, 15) is 4.79 Å². The van der Waals surface area contributed by atoms with Gasteiger partial charge >= 0.3 is 0 Å². The number of hydrazone groups is 1. The number of nitrogens with one attached hydrogen (secondary N) is 1. The minimum absolute atomic E-state index is 0.151. The van der Waals surface area contributed by atoms with Crippen molar-refractivity contribution in [2.24, 2.45) is 5.10 Å². The lowest BCUT2D eigenvalue weighted by Gasteiger charge is -2.04. The molecule has 1 heterocycles. The fourth-order valence-electron chi connectivity index (χ4n) is 2.35. The van der Waals surface area contributed by atoms with Crippen LogP contribution >= 0.6 is 11.8 Å². The van der Waals surface area contributed by atoms with Crippen molar-refractivity contribution in [3.63, 3.8) is 0 Å². The molecule has 0 bridgehead atoms. The number of fused-ring (bicyclic) bond motifs is 1. The van der Waals surface area contributed by atoms with E-state index in [0.29, 0.717) is 0 Å². The van der Waals surface area contributed by atoms with Crippen molar-refractivity contribution in [3.05, 3.63) is 60.2 Å². The Kier molecular flexibility index (Phi) is 5.28. The molecule has 1 N–H and O–H groups in total. The monoisotopic (exact) mass is 338 g/mol. The zero-order valence-corrected chi connectivity index (χ0v) is 14.2. The van der Waals surface area contributed by atoms with Gasteiger partial charge in [-0.2, -0.15) is 5.10 Å². The summed E-state index contributed by atoms with van der Waals surface area (Å²) in [5.74, 6) is 0.122. The Morgan fingerprint density at radius 1 is 1.21 bits per heavy atom. The third-order valence-corrected chi connectivity index (χ3v) is 4.45. The molecule has 0 atom stereocenters. The highest BCUT2D eigenvalue weighted by atomic mass is 32.2. The summed E-state index contributed by atoms with van der Waals surface area (Å²) in [4.78, 5) is 16.5. The number of carbonyl (C=O) groups is 1. The first-order chi connectivity index (χ1) is 11.8. The van der Waals surface area contributed by atoms with Gasteiger partial charge in [-0.25, -0.2) is 10.4 Å². The summed E-state index contributed by atoms with van der Waals surface area (Å²) in [5.41, 5.74) is 5.52. The molecule has 0 radical (unpaired) electrons. The van der Waals surface area contributed by atoms with Gasteiger partial charge in [0.25, 0.3) is 5.91 Å². The van der Waals surface area contributed by atoms with E-state index in [1.165, 1.54) is 11.8 Å². The predicted molar refractivity (Wildman–Crippen MR) is 98.3 cm³/mol. The molecule has 0 aliphatic carbocycles. The molecular formula is C18H18N4OS. The van der Waals surface area contributed by atoms with Crippen molar-refractivity contribution in [1.29, 1.82) is 0 Å². The molecule has 0 aliphatic rings. The molecule has 2 aromatic carbocycles. The van der Waals surface area contributed by atoms with Gasteiger partial charge in [0.05, 0.1) is 23.0 Å². The lowest BCUT2D eigenvalue weighted by atomic mass is 10.2. The van der Waals surface area contributed by atoms with E-state index >= 15 is 0 Å². The van der Waals surface area contributed by atoms with Gasteiger partial charge in [0.2, 0.25) is 0 Å². The van der Waals surface area contributed by atoms with Crippen LogP contribution in [-0.4, -0.2) is 27.4 Å². The second-order valence-electron chi connectivity index (χ2n) is 5.12. The van der Waals surface area contributed by atoms with Gasteiger partial charge in [0.1, 0.15) is 0 Å². The van der Waals surface area contributed by atoms with Crippen molar-refractivity contribution >= 4 is 34.9 Å². The number of nitrogens with zero attached hydrogens (tertiary/aromatic N) is 3. The minimum atomic E-state index is -0.151. The fraction of sp³-hybridized carbons (Fsp3) is 0.167. The summed E-state index contributed by atoms with van der Waals surface area (Å²) in [6, 6.07) is 17.6. The van der Waals surface area contributed by atoms with Gasteiger partial charge in [-0.1, -0.05) is 54.2 Å². The fourth-order valence-corrected chi connectivity index (χ4v) is 3.22. The van der Waals surface area contributed by atoms with Gasteiger partial charge < -0.3 is 4.57 Å². The third-order valence-electron chi connectivity index (χ3n) is 3.47. The Labute approximate surface area is 144 Å². The molecule has 1 aromatic heterocycles. The van der Waals surface area contributed by atoms with Crippen LogP contribution in [0, 0.1) is 0 Å². The molecule has 0 saturated carbocycles. The van der Waals surface area contributed by atoms with E-state index in [-0.39, 0.29) is 11.7 Å². The number of amides is 1. The van der Waals surface area contributed by atoms with Crippen LogP contribution in [-0.2, 0) is 11.3 Å². The van der Waals surface area contributed by atoms with Crippen molar-refractivity contribution in [2.45, 2.75) is 18.6 Å². The maximum Gasteiger partial charge on any atom is 0.250 e. The standard InChI is InChI=1S/C18H18N4OS/c1-2-22-16-11-7-6-10-15(16)20-18(22)24-13-17(23)21-19-12-14-8-4-3-5-9-14/h3-12H,2,13H2,1H3,(H,21,23)/b19-12-. The maximum atomic E-state index is 11.9. The normalized spacial score (nSPS) is 11.2. The van der Waals surface area contributed by atoms with Crippen molar-refractivity contribution in [3.8, 4) is 0 Å². The van der Waals surface area contributed by atoms with E-state index in [4.69, 9.17) is 0 Å². The summed E-state index contributed by atoms with van der Waals surface area (Å²) >= 11 is 1.42. The van der Waals surface area contributed by atoms with E-state index < -0.39 is 0 Å². The average Bonchev–Trinajstić information content (AvgIpc) is 2.98. The summed E-state index contributed by atoms with van der Waals surface area (Å²) < 4.78 is 2.11. The first-order valence-corrected chi connectivity index (χ1v) is 8.71. The predicted octanol–water partition coefficient (Wildman–Crippen LogP) is 3.30. The maximum absolute atomic E-state index is 11.9. The number of benzene rings is 2. The summed E-state index contributed by atoms with van der Waals surface area (Å²) in [6.07, 6.45) is 1.63. The van der Waals surface area contributed by atoms with Crippen molar-refractivity contribution in [1.82, 2.24) is 15.0 Å². The lowest BCUT2D eigenvalue weighted by molar-refractivity contribution is -0.118. The number of hydrogen-bond acceptors (Lipinski definition) is 4.